The van der Waals surface area contributed by atoms with Crippen LogP contribution >= 0.6 is 0 Å². The molecule has 96 valence electrons. The molecule has 0 aliphatic rings. The summed E-state index contributed by atoms with van der Waals surface area (Å²) in [5.74, 6) is 0.463. The minimum atomic E-state index is -0.476. The molecule has 0 radical (unpaired) electrons. The highest BCUT2D eigenvalue weighted by Gasteiger charge is 2.20. The van der Waals surface area contributed by atoms with Crippen molar-refractivity contribution in [3.8, 4) is 0 Å². The minimum absolute atomic E-state index is 0.0415. The van der Waals surface area contributed by atoms with E-state index in [-0.39, 0.29) is 6.04 Å². The maximum absolute atomic E-state index is 10.4. The van der Waals surface area contributed by atoms with Gasteiger partial charge in [-0.3, -0.25) is 0 Å². The summed E-state index contributed by atoms with van der Waals surface area (Å²) < 4.78 is 2.17. The van der Waals surface area contributed by atoms with Crippen LogP contribution in [0.5, 0.6) is 0 Å². The molecule has 0 saturated carbocycles. The van der Waals surface area contributed by atoms with Crippen LogP contribution in [0.1, 0.15) is 50.1 Å². The lowest BCUT2D eigenvalue weighted by atomic mass is 10.0. The SMILES string of the molecule is CC(C)c1cccn1[C@@H](C)[C@H](O)c1ccccc1. The van der Waals surface area contributed by atoms with E-state index in [9.17, 15) is 5.11 Å². The fourth-order valence-electron chi connectivity index (χ4n) is 2.35. The van der Waals surface area contributed by atoms with E-state index in [0.29, 0.717) is 5.92 Å². The summed E-state index contributed by atoms with van der Waals surface area (Å²) in [6, 6.07) is 14.0. The second-order valence-corrected chi connectivity index (χ2v) is 5.09. The smallest absolute Gasteiger partial charge is 0.0994 e. The maximum atomic E-state index is 10.4. The third-order valence-electron chi connectivity index (χ3n) is 3.44. The molecule has 0 amide bonds. The van der Waals surface area contributed by atoms with Gasteiger partial charge in [0.1, 0.15) is 0 Å². The van der Waals surface area contributed by atoms with E-state index < -0.39 is 6.10 Å². The Morgan fingerprint density at radius 1 is 0.944 bits per heavy atom. The molecule has 2 aromatic rings. The van der Waals surface area contributed by atoms with Gasteiger partial charge < -0.3 is 9.67 Å². The number of aliphatic hydroxyl groups is 1. The van der Waals surface area contributed by atoms with Gasteiger partial charge in [0.05, 0.1) is 12.1 Å². The van der Waals surface area contributed by atoms with Gasteiger partial charge in [0.15, 0.2) is 0 Å². The largest absolute Gasteiger partial charge is 0.386 e. The highest BCUT2D eigenvalue weighted by atomic mass is 16.3. The van der Waals surface area contributed by atoms with Gasteiger partial charge in [-0.25, -0.2) is 0 Å². The van der Waals surface area contributed by atoms with Crippen molar-refractivity contribution >= 4 is 0 Å². The summed E-state index contributed by atoms with van der Waals surface area (Å²) in [7, 11) is 0. The Labute approximate surface area is 109 Å². The molecule has 0 spiro atoms. The number of hydrogen-bond donors (Lipinski definition) is 1. The van der Waals surface area contributed by atoms with Gasteiger partial charge in [-0.2, -0.15) is 0 Å². The molecule has 18 heavy (non-hydrogen) atoms. The van der Waals surface area contributed by atoms with Crippen molar-refractivity contribution in [3.63, 3.8) is 0 Å². The quantitative estimate of drug-likeness (QED) is 0.865. The van der Waals surface area contributed by atoms with Crippen LogP contribution in [0.25, 0.3) is 0 Å². The van der Waals surface area contributed by atoms with E-state index in [0.717, 1.165) is 5.56 Å². The fourth-order valence-corrected chi connectivity index (χ4v) is 2.35. The fraction of sp³-hybridized carbons (Fsp3) is 0.375. The molecule has 2 rings (SSSR count). The zero-order valence-corrected chi connectivity index (χ0v) is 11.2. The van der Waals surface area contributed by atoms with Crippen LogP contribution in [0, 0.1) is 0 Å². The lowest BCUT2D eigenvalue weighted by Gasteiger charge is -2.24. The number of nitrogens with zero attached hydrogens (tertiary/aromatic N) is 1. The van der Waals surface area contributed by atoms with Crippen molar-refractivity contribution in [1.82, 2.24) is 4.57 Å². The molecule has 0 unspecified atom stereocenters. The van der Waals surface area contributed by atoms with Crippen molar-refractivity contribution in [2.75, 3.05) is 0 Å². The Morgan fingerprint density at radius 3 is 2.22 bits per heavy atom. The lowest BCUT2D eigenvalue weighted by molar-refractivity contribution is 0.120. The highest BCUT2D eigenvalue weighted by molar-refractivity contribution is 5.20. The first-order valence-corrected chi connectivity index (χ1v) is 6.51. The third-order valence-corrected chi connectivity index (χ3v) is 3.44. The maximum Gasteiger partial charge on any atom is 0.0994 e. The third kappa shape index (κ3) is 2.49. The van der Waals surface area contributed by atoms with Gasteiger partial charge in [0.25, 0.3) is 0 Å². The van der Waals surface area contributed by atoms with Gasteiger partial charge in [0, 0.05) is 11.9 Å². The predicted octanol–water partition coefficient (Wildman–Crippen LogP) is 3.91. The van der Waals surface area contributed by atoms with Crippen LogP contribution in [-0.4, -0.2) is 9.67 Å². The van der Waals surface area contributed by atoms with Crippen LogP contribution in [0.3, 0.4) is 0 Å². The van der Waals surface area contributed by atoms with Gasteiger partial charge >= 0.3 is 0 Å². The molecule has 1 heterocycles. The van der Waals surface area contributed by atoms with Gasteiger partial charge in [-0.15, -0.1) is 0 Å². The van der Waals surface area contributed by atoms with Crippen molar-refractivity contribution in [3.05, 3.63) is 59.9 Å². The van der Waals surface area contributed by atoms with E-state index in [1.54, 1.807) is 0 Å². The molecule has 0 fully saturated rings. The molecule has 0 bridgehead atoms. The molecular weight excluding hydrogens is 222 g/mol. The molecule has 0 saturated heterocycles. The minimum Gasteiger partial charge on any atom is -0.386 e. The van der Waals surface area contributed by atoms with Crippen molar-refractivity contribution in [2.24, 2.45) is 0 Å². The summed E-state index contributed by atoms with van der Waals surface area (Å²) in [5.41, 5.74) is 2.23. The second-order valence-electron chi connectivity index (χ2n) is 5.09. The first kappa shape index (κ1) is 12.9. The highest BCUT2D eigenvalue weighted by Crippen LogP contribution is 2.29. The molecule has 1 aromatic carbocycles. The molecular formula is C16H21NO. The molecule has 0 aliphatic heterocycles. The van der Waals surface area contributed by atoms with Crippen LogP contribution in [0.2, 0.25) is 0 Å². The number of hydrogen-bond acceptors (Lipinski definition) is 1. The standard InChI is InChI=1S/C16H21NO/c1-12(2)15-10-7-11-17(15)13(3)16(18)14-8-5-4-6-9-14/h4-13,16,18H,1-3H3/t13-,16-/m0/s1. The summed E-state index contributed by atoms with van der Waals surface area (Å²) in [5, 5.41) is 10.4. The Morgan fingerprint density at radius 2 is 1.61 bits per heavy atom. The predicted molar refractivity (Wildman–Crippen MR) is 74.6 cm³/mol. The zero-order chi connectivity index (χ0) is 13.1. The topological polar surface area (TPSA) is 25.2 Å². The average Bonchev–Trinajstić information content (AvgIpc) is 2.87. The number of rotatable bonds is 4. The molecule has 1 aromatic heterocycles. The zero-order valence-electron chi connectivity index (χ0n) is 11.2. The van der Waals surface area contributed by atoms with Crippen LogP contribution in [0.15, 0.2) is 48.7 Å². The van der Waals surface area contributed by atoms with Gasteiger partial charge in [-0.05, 0) is 30.5 Å². The number of aromatic nitrogens is 1. The summed E-state index contributed by atoms with van der Waals surface area (Å²) in [6.07, 6.45) is 1.57. The Bertz CT molecular complexity index is 487. The van der Waals surface area contributed by atoms with Gasteiger partial charge in [0.2, 0.25) is 0 Å². The average molecular weight is 243 g/mol. The summed E-state index contributed by atoms with van der Waals surface area (Å²) in [4.78, 5) is 0. The first-order chi connectivity index (χ1) is 8.61. The van der Waals surface area contributed by atoms with Crippen molar-refractivity contribution in [1.29, 1.82) is 0 Å². The van der Waals surface area contributed by atoms with E-state index in [1.807, 2.05) is 42.6 Å². The lowest BCUT2D eigenvalue weighted by Crippen LogP contribution is -2.16. The van der Waals surface area contributed by atoms with E-state index in [4.69, 9.17) is 0 Å². The Hall–Kier alpha value is -1.54. The molecule has 2 nitrogen and oxygen atoms in total. The molecule has 1 N–H and O–H groups in total. The number of benzene rings is 1. The molecule has 2 atom stereocenters. The van der Waals surface area contributed by atoms with Gasteiger partial charge in [-0.1, -0.05) is 44.2 Å². The van der Waals surface area contributed by atoms with Crippen molar-refractivity contribution in [2.45, 2.75) is 38.8 Å². The van der Waals surface area contributed by atoms with E-state index in [1.165, 1.54) is 5.69 Å². The van der Waals surface area contributed by atoms with Crippen LogP contribution in [-0.2, 0) is 0 Å². The summed E-state index contributed by atoms with van der Waals surface area (Å²) in [6.45, 7) is 6.41. The van der Waals surface area contributed by atoms with Crippen LogP contribution < -0.4 is 0 Å². The molecule has 2 heteroatoms. The van der Waals surface area contributed by atoms with E-state index in [2.05, 4.69) is 31.4 Å². The van der Waals surface area contributed by atoms with Crippen LogP contribution in [0.4, 0.5) is 0 Å². The Kier molecular flexibility index (Phi) is 3.87. The normalized spacial score (nSPS) is 14.7. The van der Waals surface area contributed by atoms with Crippen molar-refractivity contribution < 1.29 is 5.11 Å². The monoisotopic (exact) mass is 243 g/mol. The first-order valence-electron chi connectivity index (χ1n) is 6.51. The summed E-state index contributed by atoms with van der Waals surface area (Å²) >= 11 is 0. The Balaban J connectivity index is 2.26. The number of aliphatic hydroxyl groups excluding tert-OH is 1. The second kappa shape index (κ2) is 5.40. The molecule has 0 aliphatic carbocycles. The van der Waals surface area contributed by atoms with E-state index >= 15 is 0 Å².